The average molecular weight is 510 g/mol. The summed E-state index contributed by atoms with van der Waals surface area (Å²) in [6.07, 6.45) is 4.09. The zero-order valence-electron chi connectivity index (χ0n) is 22.4. The van der Waals surface area contributed by atoms with Crippen LogP contribution in [0.3, 0.4) is 0 Å². The van der Waals surface area contributed by atoms with Gasteiger partial charge in [0.15, 0.2) is 0 Å². The van der Waals surface area contributed by atoms with E-state index in [9.17, 15) is 9.59 Å². The lowest BCUT2D eigenvalue weighted by atomic mass is 10.1. The van der Waals surface area contributed by atoms with Gasteiger partial charge in [-0.1, -0.05) is 12.7 Å². The van der Waals surface area contributed by atoms with Crippen LogP contribution in [0, 0.1) is 0 Å². The molecule has 1 saturated heterocycles. The lowest BCUT2D eigenvalue weighted by Gasteiger charge is -2.31. The minimum absolute atomic E-state index is 0.230. The van der Waals surface area contributed by atoms with Crippen molar-refractivity contribution in [2.75, 3.05) is 44.9 Å². The zero-order valence-corrected chi connectivity index (χ0v) is 22.4. The summed E-state index contributed by atoms with van der Waals surface area (Å²) in [5.41, 5.74) is 2.09. The van der Waals surface area contributed by atoms with E-state index >= 15 is 0 Å². The number of aromatic nitrogens is 2. The van der Waals surface area contributed by atoms with Gasteiger partial charge in [0.1, 0.15) is 35.6 Å². The number of carbonyl (C=O) groups is 2. The maximum Gasteiger partial charge on any atom is 0.416 e. The topological polar surface area (TPSA) is 106 Å². The van der Waals surface area contributed by atoms with E-state index in [1.807, 2.05) is 26.0 Å². The lowest BCUT2D eigenvalue weighted by molar-refractivity contribution is -0.133. The summed E-state index contributed by atoms with van der Waals surface area (Å²) in [7, 11) is 1.54. The SMILES string of the molecule is C=C/C(C)=C\N=C(/C)c1cc(OC)c2ncnc(N(CC(=O)N3CCOCC3)C(=O)OC(C)(C)C)c2c1. The fraction of sp³-hybridized carbons (Fsp3) is 0.444. The van der Waals surface area contributed by atoms with E-state index in [1.54, 1.807) is 45.1 Å². The molecule has 1 aromatic carbocycles. The predicted molar refractivity (Wildman–Crippen MR) is 143 cm³/mol. The number of methoxy groups -OCH3 is 1. The third-order valence-electron chi connectivity index (χ3n) is 5.63. The van der Waals surface area contributed by atoms with Crippen molar-refractivity contribution in [3.8, 4) is 5.75 Å². The number of fused-ring (bicyclic) bond motifs is 1. The third kappa shape index (κ3) is 7.13. The number of hydrogen-bond donors (Lipinski definition) is 0. The van der Waals surface area contributed by atoms with Gasteiger partial charge in [0.25, 0.3) is 0 Å². The molecule has 2 amide bonds. The van der Waals surface area contributed by atoms with Crippen LogP contribution in [0.1, 0.15) is 40.2 Å². The van der Waals surface area contributed by atoms with Crippen LogP contribution in [0.15, 0.2) is 47.9 Å². The molecule has 1 aliphatic heterocycles. The Hall–Kier alpha value is -3.79. The molecule has 1 aromatic heterocycles. The molecule has 10 nitrogen and oxygen atoms in total. The van der Waals surface area contributed by atoms with Gasteiger partial charge in [0, 0.05) is 36.0 Å². The van der Waals surface area contributed by atoms with E-state index in [0.717, 1.165) is 11.1 Å². The van der Waals surface area contributed by atoms with Crippen LogP contribution in [0.4, 0.5) is 10.6 Å². The molecule has 0 bridgehead atoms. The Kier molecular flexibility index (Phi) is 8.99. The van der Waals surface area contributed by atoms with E-state index in [2.05, 4.69) is 21.5 Å². The molecular formula is C27H35N5O5. The monoisotopic (exact) mass is 509 g/mol. The third-order valence-corrected chi connectivity index (χ3v) is 5.63. The van der Waals surface area contributed by atoms with E-state index in [4.69, 9.17) is 14.2 Å². The molecule has 2 aromatic rings. The van der Waals surface area contributed by atoms with Gasteiger partial charge in [-0.15, -0.1) is 0 Å². The molecule has 198 valence electrons. The Bertz CT molecular complexity index is 1230. The first-order valence-electron chi connectivity index (χ1n) is 12.1. The van der Waals surface area contributed by atoms with Crippen LogP contribution in [0.2, 0.25) is 0 Å². The molecule has 1 aliphatic rings. The number of ether oxygens (including phenoxy) is 3. The molecule has 0 atom stereocenters. The van der Waals surface area contributed by atoms with E-state index in [-0.39, 0.29) is 18.3 Å². The number of nitrogens with zero attached hydrogens (tertiary/aromatic N) is 5. The molecule has 0 aliphatic carbocycles. The van der Waals surface area contributed by atoms with Crippen LogP contribution in [-0.2, 0) is 14.3 Å². The number of benzene rings is 1. The Labute approximate surface area is 217 Å². The first-order valence-corrected chi connectivity index (χ1v) is 12.1. The van der Waals surface area contributed by atoms with Gasteiger partial charge in [-0.2, -0.15) is 0 Å². The Morgan fingerprint density at radius 2 is 1.92 bits per heavy atom. The average Bonchev–Trinajstić information content (AvgIpc) is 2.88. The summed E-state index contributed by atoms with van der Waals surface area (Å²) in [6.45, 7) is 14.4. The van der Waals surface area contributed by atoms with Crippen LogP contribution in [0.25, 0.3) is 10.9 Å². The Balaban J connectivity index is 2.14. The molecule has 2 heterocycles. The molecule has 37 heavy (non-hydrogen) atoms. The Morgan fingerprint density at radius 1 is 1.22 bits per heavy atom. The highest BCUT2D eigenvalue weighted by Gasteiger charge is 2.30. The second-order valence-corrected chi connectivity index (χ2v) is 9.62. The number of aliphatic imine (C=N–C) groups is 1. The number of amides is 2. The van der Waals surface area contributed by atoms with Gasteiger partial charge < -0.3 is 19.1 Å². The number of carbonyl (C=O) groups excluding carboxylic acids is 2. The second-order valence-electron chi connectivity index (χ2n) is 9.62. The van der Waals surface area contributed by atoms with E-state index in [1.165, 1.54) is 11.2 Å². The van der Waals surface area contributed by atoms with Gasteiger partial charge in [-0.3, -0.25) is 14.7 Å². The summed E-state index contributed by atoms with van der Waals surface area (Å²) in [5, 5.41) is 0.524. The Morgan fingerprint density at radius 3 is 2.54 bits per heavy atom. The highest BCUT2D eigenvalue weighted by molar-refractivity contribution is 6.08. The number of rotatable bonds is 7. The minimum atomic E-state index is -0.776. The van der Waals surface area contributed by atoms with E-state index in [0.29, 0.717) is 48.7 Å². The zero-order chi connectivity index (χ0) is 27.2. The van der Waals surface area contributed by atoms with Crippen molar-refractivity contribution in [1.82, 2.24) is 14.9 Å². The van der Waals surface area contributed by atoms with Gasteiger partial charge in [0.05, 0.1) is 20.3 Å². The molecule has 3 rings (SSSR count). The predicted octanol–water partition coefficient (Wildman–Crippen LogP) is 4.14. The fourth-order valence-electron chi connectivity index (χ4n) is 3.62. The molecule has 10 heteroatoms. The van der Waals surface area contributed by atoms with E-state index < -0.39 is 11.7 Å². The highest BCUT2D eigenvalue weighted by Crippen LogP contribution is 2.32. The molecule has 0 spiro atoms. The molecule has 0 N–H and O–H groups in total. The first kappa shape index (κ1) is 27.8. The van der Waals surface area contributed by atoms with Crippen LogP contribution in [-0.4, -0.2) is 78.1 Å². The minimum Gasteiger partial charge on any atom is -0.494 e. The number of morpholine rings is 1. The molecule has 0 unspecified atom stereocenters. The van der Waals surface area contributed by atoms with Gasteiger partial charge in [-0.05, 0) is 52.3 Å². The van der Waals surface area contributed by atoms with Crippen molar-refractivity contribution < 1.29 is 23.8 Å². The smallest absolute Gasteiger partial charge is 0.416 e. The highest BCUT2D eigenvalue weighted by atomic mass is 16.6. The van der Waals surface area contributed by atoms with Crippen molar-refractivity contribution >= 4 is 34.4 Å². The number of hydrogen-bond acceptors (Lipinski definition) is 8. The molecular weight excluding hydrogens is 474 g/mol. The summed E-state index contributed by atoms with van der Waals surface area (Å²) in [4.78, 5) is 42.8. The van der Waals surface area contributed by atoms with Crippen molar-refractivity contribution in [3.05, 3.63) is 48.5 Å². The van der Waals surface area contributed by atoms with Gasteiger partial charge in [0.2, 0.25) is 5.91 Å². The molecule has 0 saturated carbocycles. The maximum atomic E-state index is 13.4. The van der Waals surface area contributed by atoms with Gasteiger partial charge >= 0.3 is 6.09 Å². The van der Waals surface area contributed by atoms with Crippen LogP contribution >= 0.6 is 0 Å². The second kappa shape index (κ2) is 12.0. The quantitative estimate of drug-likeness (QED) is 0.408. The van der Waals surface area contributed by atoms with Crippen molar-refractivity contribution in [1.29, 1.82) is 0 Å². The van der Waals surface area contributed by atoms with Crippen molar-refractivity contribution in [2.24, 2.45) is 4.99 Å². The largest absolute Gasteiger partial charge is 0.494 e. The summed E-state index contributed by atoms with van der Waals surface area (Å²) >= 11 is 0. The van der Waals surface area contributed by atoms with Crippen molar-refractivity contribution in [3.63, 3.8) is 0 Å². The molecule has 1 fully saturated rings. The van der Waals surface area contributed by atoms with Crippen molar-refractivity contribution in [2.45, 2.75) is 40.2 Å². The summed E-state index contributed by atoms with van der Waals surface area (Å²) < 4.78 is 16.6. The number of anilines is 1. The summed E-state index contributed by atoms with van der Waals surface area (Å²) in [6, 6.07) is 3.66. The summed E-state index contributed by atoms with van der Waals surface area (Å²) in [5.74, 6) is 0.497. The lowest BCUT2D eigenvalue weighted by Crippen LogP contribution is -2.48. The molecule has 0 radical (unpaired) electrons. The normalized spacial score (nSPS) is 14.9. The van der Waals surface area contributed by atoms with Gasteiger partial charge in [-0.25, -0.2) is 14.8 Å². The van der Waals surface area contributed by atoms with Crippen LogP contribution in [0.5, 0.6) is 5.75 Å². The maximum absolute atomic E-state index is 13.4. The number of allylic oxidation sites excluding steroid dienone is 2. The standard InChI is InChI=1S/C27H35N5O5/c1-8-18(2)15-28-19(3)20-13-21-24(22(14-20)35-7)29-17-30-25(21)32(26(34)37-27(4,5)6)16-23(33)31-9-11-36-12-10-31/h8,13-15,17H,1,9-12,16H2,2-7H3/b18-15-,28-19+. The first-order chi connectivity index (χ1) is 17.5. The van der Waals surface area contributed by atoms with Crippen LogP contribution < -0.4 is 9.64 Å². The fourth-order valence-corrected chi connectivity index (χ4v) is 3.62.